The van der Waals surface area contributed by atoms with E-state index in [2.05, 4.69) is 5.32 Å². The van der Waals surface area contributed by atoms with Crippen LogP contribution in [0.25, 0.3) is 0 Å². The molecule has 1 aliphatic carbocycles. The molecule has 3 nitrogen and oxygen atoms in total. The molecule has 1 aliphatic rings. The molecule has 1 aromatic carbocycles. The minimum atomic E-state index is -0.806. The fourth-order valence-electron chi connectivity index (χ4n) is 2.56. The molecular weight excluding hydrogens is 233 g/mol. The first-order valence-corrected chi connectivity index (χ1v) is 6.36. The Morgan fingerprint density at radius 2 is 2.22 bits per heavy atom. The summed E-state index contributed by atoms with van der Waals surface area (Å²) in [6.07, 6.45) is 2.94. The van der Waals surface area contributed by atoms with Gasteiger partial charge >= 0.3 is 5.97 Å². The van der Waals surface area contributed by atoms with Gasteiger partial charge in [0.15, 0.2) is 0 Å². The van der Waals surface area contributed by atoms with Crippen molar-refractivity contribution in [2.75, 3.05) is 0 Å². The largest absolute Gasteiger partial charge is 0.480 e. The highest BCUT2D eigenvalue weighted by molar-refractivity contribution is 5.73. The molecule has 18 heavy (non-hydrogen) atoms. The average Bonchev–Trinajstić information content (AvgIpc) is 2.69. The van der Waals surface area contributed by atoms with Crippen molar-refractivity contribution < 1.29 is 14.3 Å². The number of carboxylic acid groups (broad SMARTS) is 1. The molecule has 0 aromatic heterocycles. The lowest BCUT2D eigenvalue weighted by Gasteiger charge is -2.18. The zero-order chi connectivity index (χ0) is 13.1. The van der Waals surface area contributed by atoms with E-state index < -0.39 is 12.0 Å². The van der Waals surface area contributed by atoms with Gasteiger partial charge in [-0.05, 0) is 42.5 Å². The average molecular weight is 251 g/mol. The van der Waals surface area contributed by atoms with Crippen molar-refractivity contribution >= 4 is 5.97 Å². The molecule has 98 valence electrons. The maximum Gasteiger partial charge on any atom is 0.320 e. The number of benzene rings is 1. The summed E-state index contributed by atoms with van der Waals surface area (Å²) >= 11 is 0. The predicted molar refractivity (Wildman–Crippen MR) is 67.1 cm³/mol. The SMILES string of the molecule is CCC[C@H](NC1Cc2ccc(F)cc2C1)C(=O)O. The van der Waals surface area contributed by atoms with Crippen LogP contribution >= 0.6 is 0 Å². The number of hydrogen-bond acceptors (Lipinski definition) is 2. The first kappa shape index (κ1) is 13.0. The van der Waals surface area contributed by atoms with E-state index >= 15 is 0 Å². The van der Waals surface area contributed by atoms with Crippen molar-refractivity contribution in [3.05, 3.63) is 35.1 Å². The van der Waals surface area contributed by atoms with Gasteiger partial charge in [-0.15, -0.1) is 0 Å². The molecule has 0 fully saturated rings. The topological polar surface area (TPSA) is 49.3 Å². The Balaban J connectivity index is 2.00. The summed E-state index contributed by atoms with van der Waals surface area (Å²) in [7, 11) is 0. The van der Waals surface area contributed by atoms with Gasteiger partial charge in [0, 0.05) is 6.04 Å². The van der Waals surface area contributed by atoms with Gasteiger partial charge in [0.2, 0.25) is 0 Å². The smallest absolute Gasteiger partial charge is 0.320 e. The maximum absolute atomic E-state index is 13.1. The normalized spacial score (nSPS) is 19.6. The zero-order valence-corrected chi connectivity index (χ0v) is 10.4. The molecule has 0 spiro atoms. The summed E-state index contributed by atoms with van der Waals surface area (Å²) < 4.78 is 13.1. The predicted octanol–water partition coefficient (Wildman–Crippen LogP) is 2.14. The molecule has 0 radical (unpaired) electrons. The van der Waals surface area contributed by atoms with Gasteiger partial charge in [0.1, 0.15) is 11.9 Å². The fourth-order valence-corrected chi connectivity index (χ4v) is 2.56. The number of fused-ring (bicyclic) bond motifs is 1. The van der Waals surface area contributed by atoms with Gasteiger partial charge in [-0.3, -0.25) is 4.79 Å². The number of hydrogen-bond donors (Lipinski definition) is 2. The van der Waals surface area contributed by atoms with Gasteiger partial charge < -0.3 is 10.4 Å². The number of nitrogens with one attached hydrogen (secondary N) is 1. The van der Waals surface area contributed by atoms with Crippen molar-refractivity contribution in [2.45, 2.75) is 44.7 Å². The van der Waals surface area contributed by atoms with E-state index in [1.54, 1.807) is 12.1 Å². The highest BCUT2D eigenvalue weighted by Crippen LogP contribution is 2.23. The molecule has 1 aromatic rings. The van der Waals surface area contributed by atoms with Crippen LogP contribution in [-0.2, 0) is 17.6 Å². The van der Waals surface area contributed by atoms with Crippen molar-refractivity contribution in [1.82, 2.24) is 5.32 Å². The van der Waals surface area contributed by atoms with Crippen molar-refractivity contribution in [1.29, 1.82) is 0 Å². The van der Waals surface area contributed by atoms with Gasteiger partial charge in [-0.1, -0.05) is 19.4 Å². The molecule has 0 amide bonds. The van der Waals surface area contributed by atoms with E-state index in [-0.39, 0.29) is 11.9 Å². The van der Waals surface area contributed by atoms with Crippen LogP contribution in [0.5, 0.6) is 0 Å². The minimum absolute atomic E-state index is 0.106. The highest BCUT2D eigenvalue weighted by atomic mass is 19.1. The quantitative estimate of drug-likeness (QED) is 0.843. The minimum Gasteiger partial charge on any atom is -0.480 e. The van der Waals surface area contributed by atoms with Crippen LogP contribution in [0, 0.1) is 5.82 Å². The molecule has 2 atom stereocenters. The molecule has 2 rings (SSSR count). The Morgan fingerprint density at radius 3 is 2.89 bits per heavy atom. The molecular formula is C14H18FNO2. The second-order valence-corrected chi connectivity index (χ2v) is 4.86. The van der Waals surface area contributed by atoms with Gasteiger partial charge in [0.25, 0.3) is 0 Å². The van der Waals surface area contributed by atoms with Crippen LogP contribution in [0.1, 0.15) is 30.9 Å². The number of carboxylic acids is 1. The summed E-state index contributed by atoms with van der Waals surface area (Å²) in [4.78, 5) is 11.1. The van der Waals surface area contributed by atoms with E-state index in [0.717, 1.165) is 24.0 Å². The standard InChI is InChI=1S/C14H18FNO2/c1-2-3-13(14(17)18)16-12-7-9-4-5-11(15)6-10(9)8-12/h4-6,12-13,16H,2-3,7-8H2,1H3,(H,17,18)/t12?,13-/m0/s1. The molecule has 2 N–H and O–H groups in total. The van der Waals surface area contributed by atoms with Crippen LogP contribution in [-0.4, -0.2) is 23.2 Å². The molecule has 0 heterocycles. The van der Waals surface area contributed by atoms with Crippen LogP contribution in [0.2, 0.25) is 0 Å². The second kappa shape index (κ2) is 5.48. The third kappa shape index (κ3) is 2.88. The second-order valence-electron chi connectivity index (χ2n) is 4.86. The first-order valence-electron chi connectivity index (χ1n) is 6.36. The fraction of sp³-hybridized carbons (Fsp3) is 0.500. The molecule has 1 unspecified atom stereocenters. The number of aliphatic carboxylic acids is 1. The summed E-state index contributed by atoms with van der Waals surface area (Å²) in [5.41, 5.74) is 2.11. The third-order valence-corrected chi connectivity index (χ3v) is 3.41. The third-order valence-electron chi connectivity index (χ3n) is 3.41. The zero-order valence-electron chi connectivity index (χ0n) is 10.4. The lowest BCUT2D eigenvalue weighted by atomic mass is 10.1. The van der Waals surface area contributed by atoms with E-state index in [1.807, 2.05) is 6.92 Å². The molecule has 4 heteroatoms. The number of halogens is 1. The molecule has 0 saturated carbocycles. The van der Waals surface area contributed by atoms with E-state index in [0.29, 0.717) is 12.8 Å². The van der Waals surface area contributed by atoms with Crippen LogP contribution in [0.15, 0.2) is 18.2 Å². The van der Waals surface area contributed by atoms with Crippen LogP contribution < -0.4 is 5.32 Å². The van der Waals surface area contributed by atoms with Crippen molar-refractivity contribution in [3.63, 3.8) is 0 Å². The molecule has 0 bridgehead atoms. The monoisotopic (exact) mass is 251 g/mol. The van der Waals surface area contributed by atoms with E-state index in [9.17, 15) is 9.18 Å². The highest BCUT2D eigenvalue weighted by Gasteiger charge is 2.26. The van der Waals surface area contributed by atoms with Crippen LogP contribution in [0.4, 0.5) is 4.39 Å². The Kier molecular flexibility index (Phi) is 3.97. The maximum atomic E-state index is 13.1. The van der Waals surface area contributed by atoms with Crippen molar-refractivity contribution in [2.24, 2.45) is 0 Å². The Morgan fingerprint density at radius 1 is 1.50 bits per heavy atom. The summed E-state index contributed by atoms with van der Waals surface area (Å²) in [5.74, 6) is -1.03. The Hall–Kier alpha value is -1.42. The van der Waals surface area contributed by atoms with Gasteiger partial charge in [0.05, 0.1) is 0 Å². The van der Waals surface area contributed by atoms with Crippen LogP contribution in [0.3, 0.4) is 0 Å². The number of carbonyl (C=O) groups is 1. The Labute approximate surface area is 106 Å². The van der Waals surface area contributed by atoms with E-state index in [1.165, 1.54) is 6.07 Å². The number of rotatable bonds is 5. The first-order chi connectivity index (χ1) is 8.60. The van der Waals surface area contributed by atoms with Crippen molar-refractivity contribution in [3.8, 4) is 0 Å². The van der Waals surface area contributed by atoms with Gasteiger partial charge in [-0.2, -0.15) is 0 Å². The molecule has 0 aliphatic heterocycles. The lowest BCUT2D eigenvalue weighted by Crippen LogP contribution is -2.43. The van der Waals surface area contributed by atoms with E-state index in [4.69, 9.17) is 5.11 Å². The summed E-state index contributed by atoms with van der Waals surface area (Å²) in [6, 6.07) is 4.41. The lowest BCUT2D eigenvalue weighted by molar-refractivity contribution is -0.139. The van der Waals surface area contributed by atoms with Gasteiger partial charge in [-0.25, -0.2) is 4.39 Å². The summed E-state index contributed by atoms with van der Waals surface area (Å²) in [5, 5.41) is 12.3. The summed E-state index contributed by atoms with van der Waals surface area (Å²) in [6.45, 7) is 1.97. The Bertz CT molecular complexity index is 447. The molecule has 0 saturated heterocycles.